The van der Waals surface area contributed by atoms with Crippen LogP contribution in [0, 0.1) is 0 Å². The highest BCUT2D eigenvalue weighted by molar-refractivity contribution is 8.19. The van der Waals surface area contributed by atoms with Gasteiger partial charge in [-0.2, -0.15) is 0 Å². The Kier molecular flexibility index (Phi) is 16.7. The molecule has 0 aromatic rings. The van der Waals surface area contributed by atoms with Gasteiger partial charge in [0.25, 0.3) is 0 Å². The number of hydrogen-bond donors (Lipinski definition) is 1. The van der Waals surface area contributed by atoms with Crippen molar-refractivity contribution in [3.05, 3.63) is 0 Å². The molecule has 126 valence electrons. The van der Waals surface area contributed by atoms with Crippen molar-refractivity contribution in [3.63, 3.8) is 0 Å². The summed E-state index contributed by atoms with van der Waals surface area (Å²) in [7, 11) is 0. The van der Waals surface area contributed by atoms with E-state index in [0.29, 0.717) is 4.32 Å². The van der Waals surface area contributed by atoms with Crippen molar-refractivity contribution in [2.45, 2.75) is 90.9 Å². The van der Waals surface area contributed by atoms with Crippen LogP contribution in [0.15, 0.2) is 0 Å². The Hall–Kier alpha value is 0.200. The van der Waals surface area contributed by atoms with E-state index in [-0.39, 0.29) is 0 Å². The molecule has 1 N–H and O–H groups in total. The van der Waals surface area contributed by atoms with Gasteiger partial charge in [-0.3, -0.25) is 0 Å². The molecule has 0 radical (unpaired) electrons. The Balaban J connectivity index is 3.70. The molecule has 0 bridgehead atoms. The summed E-state index contributed by atoms with van der Waals surface area (Å²) in [5.74, 6) is 0. The van der Waals surface area contributed by atoms with Gasteiger partial charge in [-0.05, 0) is 12.8 Å². The van der Waals surface area contributed by atoms with Crippen LogP contribution in [0.5, 0.6) is 0 Å². The third-order valence-corrected chi connectivity index (χ3v) is 4.80. The largest absolute Gasteiger partial charge is 0.356 e. The van der Waals surface area contributed by atoms with Gasteiger partial charge < -0.3 is 9.45 Å². The molecule has 2 nitrogen and oxygen atoms in total. The van der Waals surface area contributed by atoms with Crippen molar-refractivity contribution in [2.75, 3.05) is 13.1 Å². The molecule has 0 amide bonds. The molecule has 0 atom stereocenters. The van der Waals surface area contributed by atoms with Crippen molar-refractivity contribution in [3.8, 4) is 0 Å². The SMILES string of the molecule is CCCCCCCCN(CCCCCCCC)C(=S)SO. The Labute approximate surface area is 142 Å². The average molecular weight is 334 g/mol. The summed E-state index contributed by atoms with van der Waals surface area (Å²) in [6, 6.07) is 0. The van der Waals surface area contributed by atoms with Gasteiger partial charge in [0.2, 0.25) is 0 Å². The molecule has 0 aliphatic heterocycles. The van der Waals surface area contributed by atoms with Gasteiger partial charge in [-0.15, -0.1) is 0 Å². The van der Waals surface area contributed by atoms with E-state index in [4.69, 9.17) is 12.2 Å². The fraction of sp³-hybridized carbons (Fsp3) is 0.941. The molecular weight excluding hydrogens is 298 g/mol. The van der Waals surface area contributed by atoms with Crippen LogP contribution in [0.4, 0.5) is 0 Å². The Morgan fingerprint density at radius 2 is 1.14 bits per heavy atom. The Morgan fingerprint density at radius 1 is 0.762 bits per heavy atom. The summed E-state index contributed by atoms with van der Waals surface area (Å²) in [4.78, 5) is 2.19. The summed E-state index contributed by atoms with van der Waals surface area (Å²) in [6.07, 6.45) is 15.6. The van der Waals surface area contributed by atoms with Crippen LogP contribution < -0.4 is 0 Å². The van der Waals surface area contributed by atoms with Crippen LogP contribution in [0.2, 0.25) is 0 Å². The second-order valence-corrected chi connectivity index (χ2v) is 7.09. The van der Waals surface area contributed by atoms with E-state index >= 15 is 0 Å². The van der Waals surface area contributed by atoms with Crippen molar-refractivity contribution in [2.24, 2.45) is 0 Å². The minimum atomic E-state index is 0.650. The molecular formula is C17H35NOS2. The smallest absolute Gasteiger partial charge is 0.163 e. The molecule has 0 rings (SSSR count). The van der Waals surface area contributed by atoms with Crippen molar-refractivity contribution in [1.29, 1.82) is 0 Å². The molecule has 0 unspecified atom stereocenters. The van der Waals surface area contributed by atoms with Gasteiger partial charge in [-0.25, -0.2) is 0 Å². The molecule has 0 aromatic heterocycles. The van der Waals surface area contributed by atoms with Crippen LogP contribution in [0.3, 0.4) is 0 Å². The first-order valence-corrected chi connectivity index (χ1v) is 10.0. The molecule has 4 heteroatoms. The molecule has 0 aromatic carbocycles. The second-order valence-electron chi connectivity index (χ2n) is 5.88. The van der Waals surface area contributed by atoms with Gasteiger partial charge in [0.15, 0.2) is 4.32 Å². The minimum Gasteiger partial charge on any atom is -0.356 e. The zero-order valence-corrected chi connectivity index (χ0v) is 15.7. The minimum absolute atomic E-state index is 0.650. The van der Waals surface area contributed by atoms with Crippen LogP contribution in [-0.2, 0) is 0 Å². The maximum Gasteiger partial charge on any atom is 0.163 e. The van der Waals surface area contributed by atoms with E-state index < -0.39 is 0 Å². The molecule has 0 aliphatic rings. The third-order valence-electron chi connectivity index (χ3n) is 3.90. The fourth-order valence-corrected chi connectivity index (χ4v) is 3.00. The summed E-state index contributed by atoms with van der Waals surface area (Å²) in [6.45, 7) is 6.51. The zero-order valence-electron chi connectivity index (χ0n) is 14.1. The summed E-state index contributed by atoms with van der Waals surface area (Å²) in [5.41, 5.74) is 0. The predicted octanol–water partition coefficient (Wildman–Crippen LogP) is 6.50. The van der Waals surface area contributed by atoms with E-state index in [1.165, 1.54) is 77.0 Å². The van der Waals surface area contributed by atoms with Gasteiger partial charge in [-0.1, -0.05) is 90.3 Å². The number of thiocarbonyl (C=S) groups is 1. The highest BCUT2D eigenvalue weighted by Gasteiger charge is 2.09. The highest BCUT2D eigenvalue weighted by atomic mass is 32.2. The number of hydrogen-bond acceptors (Lipinski definition) is 3. The molecule has 21 heavy (non-hydrogen) atoms. The first-order chi connectivity index (χ1) is 10.3. The topological polar surface area (TPSA) is 23.5 Å². The van der Waals surface area contributed by atoms with Crippen LogP contribution >= 0.6 is 24.3 Å². The lowest BCUT2D eigenvalue weighted by atomic mass is 10.1. The third kappa shape index (κ3) is 13.6. The maximum atomic E-state index is 9.18. The first-order valence-electron chi connectivity index (χ1n) is 8.86. The van der Waals surface area contributed by atoms with E-state index in [1.54, 1.807) is 0 Å². The lowest BCUT2D eigenvalue weighted by Gasteiger charge is -2.23. The lowest BCUT2D eigenvalue weighted by Crippen LogP contribution is -2.29. The average Bonchev–Trinajstić information content (AvgIpc) is 2.51. The van der Waals surface area contributed by atoms with Crippen molar-refractivity contribution in [1.82, 2.24) is 4.90 Å². The first kappa shape index (κ1) is 21.2. The molecule has 0 aliphatic carbocycles. The van der Waals surface area contributed by atoms with Crippen molar-refractivity contribution < 1.29 is 4.55 Å². The molecule has 0 fully saturated rings. The Morgan fingerprint density at radius 3 is 1.52 bits per heavy atom. The molecule has 0 spiro atoms. The van der Waals surface area contributed by atoms with Crippen LogP contribution in [-0.4, -0.2) is 26.9 Å². The van der Waals surface area contributed by atoms with Crippen LogP contribution in [0.25, 0.3) is 0 Å². The fourth-order valence-electron chi connectivity index (χ4n) is 2.52. The summed E-state index contributed by atoms with van der Waals surface area (Å²) < 4.78 is 9.83. The van der Waals surface area contributed by atoms with Gasteiger partial charge in [0.1, 0.15) is 0 Å². The lowest BCUT2D eigenvalue weighted by molar-refractivity contribution is 0.394. The second kappa shape index (κ2) is 16.6. The summed E-state index contributed by atoms with van der Waals surface area (Å²) in [5, 5.41) is 0. The maximum absolute atomic E-state index is 9.18. The highest BCUT2D eigenvalue weighted by Crippen LogP contribution is 2.12. The number of unbranched alkanes of at least 4 members (excludes halogenated alkanes) is 10. The van der Waals surface area contributed by atoms with E-state index in [1.807, 2.05) is 0 Å². The van der Waals surface area contributed by atoms with Gasteiger partial charge in [0.05, 0.1) is 12.0 Å². The molecule has 0 saturated carbocycles. The van der Waals surface area contributed by atoms with Gasteiger partial charge >= 0.3 is 0 Å². The number of nitrogens with zero attached hydrogens (tertiary/aromatic N) is 1. The van der Waals surface area contributed by atoms with Gasteiger partial charge in [0, 0.05) is 13.1 Å². The normalized spacial score (nSPS) is 10.8. The quantitative estimate of drug-likeness (QED) is 0.223. The monoisotopic (exact) mass is 333 g/mol. The predicted molar refractivity (Wildman–Crippen MR) is 101 cm³/mol. The van der Waals surface area contributed by atoms with E-state index in [9.17, 15) is 4.55 Å². The zero-order chi connectivity index (χ0) is 15.8. The molecule has 0 heterocycles. The number of rotatable bonds is 14. The van der Waals surface area contributed by atoms with E-state index in [0.717, 1.165) is 25.1 Å². The van der Waals surface area contributed by atoms with E-state index in [2.05, 4.69) is 18.7 Å². The summed E-state index contributed by atoms with van der Waals surface area (Å²) >= 11 is 5.99. The van der Waals surface area contributed by atoms with Crippen LogP contribution in [0.1, 0.15) is 90.9 Å². The Bertz CT molecular complexity index is 221. The standard InChI is InChI=1S/C17H35NOS2/c1-3-5-7-9-11-13-15-18(17(20)21-19)16-14-12-10-8-6-4-2/h19H,3-16H2,1-2H3. The molecule has 0 saturated heterocycles. The van der Waals surface area contributed by atoms with Crippen molar-refractivity contribution >= 4 is 28.6 Å².